The van der Waals surface area contributed by atoms with Gasteiger partial charge in [0.15, 0.2) is 11.2 Å². The van der Waals surface area contributed by atoms with E-state index in [0.29, 0.717) is 11.1 Å². The van der Waals surface area contributed by atoms with Crippen molar-refractivity contribution in [2.24, 2.45) is 0 Å². The van der Waals surface area contributed by atoms with Gasteiger partial charge in [-0.2, -0.15) is 10.5 Å². The van der Waals surface area contributed by atoms with Gasteiger partial charge in [-0.1, -0.05) is 146 Å². The van der Waals surface area contributed by atoms with Crippen LogP contribution in [0.5, 0.6) is 0 Å². The molecule has 14 aromatic rings. The summed E-state index contributed by atoms with van der Waals surface area (Å²) in [4.78, 5) is 4.56. The molecular formula is C68H42N4O2. The van der Waals surface area contributed by atoms with E-state index >= 15 is 0 Å². The van der Waals surface area contributed by atoms with Crippen molar-refractivity contribution < 1.29 is 8.83 Å². The molecule has 0 atom stereocenters. The standard InChI is InChI=1S/C68H42N4O2/c1-41-11-3-5-13-49(41)51-15-7-17-53-55-19-9-21-61(67(55)73-65(51)53)71(47-31-23-43(39-69)24-32-47)59-37-29-45-28-36-58-60(38-30-46-27-35-57(59)63(45)64(46)58)72(48-33-25-44(40-70)26-34-48)62-22-10-20-56-54-18-8-16-52(66(54)74-68(56)62)50-14-6-4-12-42(50)2/h3-38H,1-2H3. The van der Waals surface area contributed by atoms with Gasteiger partial charge in [0, 0.05) is 54.8 Å². The smallest absolute Gasteiger partial charge is 0.159 e. The molecule has 0 aliphatic heterocycles. The Kier molecular flexibility index (Phi) is 9.66. The summed E-state index contributed by atoms with van der Waals surface area (Å²) in [7, 11) is 0. The molecule has 0 radical (unpaired) electrons. The van der Waals surface area contributed by atoms with Crippen LogP contribution in [0.3, 0.4) is 0 Å². The summed E-state index contributed by atoms with van der Waals surface area (Å²) < 4.78 is 14.2. The Labute approximate surface area is 426 Å². The molecule has 74 heavy (non-hydrogen) atoms. The number of para-hydroxylation sites is 4. The van der Waals surface area contributed by atoms with Gasteiger partial charge in [0.2, 0.25) is 0 Å². The van der Waals surface area contributed by atoms with Crippen LogP contribution in [0, 0.1) is 36.5 Å². The van der Waals surface area contributed by atoms with Crippen molar-refractivity contribution in [1.82, 2.24) is 0 Å². The van der Waals surface area contributed by atoms with Crippen LogP contribution in [0.1, 0.15) is 22.3 Å². The molecule has 0 aliphatic rings. The molecule has 0 N–H and O–H groups in total. The zero-order chi connectivity index (χ0) is 49.6. The first-order valence-electron chi connectivity index (χ1n) is 24.8. The van der Waals surface area contributed by atoms with E-state index in [1.54, 1.807) is 0 Å². The molecule has 0 amide bonds. The molecule has 6 nitrogen and oxygen atoms in total. The SMILES string of the molecule is Cc1ccccc1-c1cccc2c1oc1c(N(c3ccc(C#N)cc3)c3ccc4ccc5c(N(c6ccc(C#N)cc6)c6cccc7c6oc6c(-c8ccccc8C)cccc67)ccc6ccc3c4c65)cccc12. The van der Waals surface area contributed by atoms with Crippen molar-refractivity contribution >= 4 is 110 Å². The summed E-state index contributed by atoms with van der Waals surface area (Å²) in [6.07, 6.45) is 0. The highest BCUT2D eigenvalue weighted by atomic mass is 16.3. The number of fused-ring (bicyclic) bond motifs is 6. The number of anilines is 6. The summed E-state index contributed by atoms with van der Waals surface area (Å²) in [6, 6.07) is 80.4. The first kappa shape index (κ1) is 42.7. The molecular weight excluding hydrogens is 905 g/mol. The van der Waals surface area contributed by atoms with Crippen LogP contribution in [0.25, 0.3) is 98.4 Å². The lowest BCUT2D eigenvalue weighted by Gasteiger charge is -2.29. The van der Waals surface area contributed by atoms with E-state index in [1.807, 2.05) is 48.5 Å². The minimum atomic E-state index is 0.582. The van der Waals surface area contributed by atoms with Crippen molar-refractivity contribution in [3.8, 4) is 34.4 Å². The monoisotopic (exact) mass is 946 g/mol. The summed E-state index contributed by atoms with van der Waals surface area (Å²) in [5.74, 6) is 0. The van der Waals surface area contributed by atoms with E-state index in [1.165, 1.54) is 11.1 Å². The van der Waals surface area contributed by atoms with Gasteiger partial charge in [0.25, 0.3) is 0 Å². The molecule has 0 fully saturated rings. The number of aryl methyl sites for hydroxylation is 2. The molecule has 6 heteroatoms. The zero-order valence-electron chi connectivity index (χ0n) is 40.4. The fourth-order valence-corrected chi connectivity index (χ4v) is 11.5. The van der Waals surface area contributed by atoms with Gasteiger partial charge in [-0.3, -0.25) is 0 Å². The normalized spacial score (nSPS) is 11.6. The number of nitrogens with zero attached hydrogens (tertiary/aromatic N) is 4. The average Bonchev–Trinajstić information content (AvgIpc) is 4.07. The Bertz CT molecular complexity index is 4370. The molecule has 0 spiro atoms. The van der Waals surface area contributed by atoms with Gasteiger partial charge < -0.3 is 18.6 Å². The van der Waals surface area contributed by atoms with Crippen LogP contribution in [-0.2, 0) is 0 Å². The van der Waals surface area contributed by atoms with E-state index in [0.717, 1.165) is 133 Å². The molecule has 0 unspecified atom stereocenters. The van der Waals surface area contributed by atoms with Gasteiger partial charge in [0.1, 0.15) is 11.2 Å². The Morgan fingerprint density at radius 1 is 0.311 bits per heavy atom. The van der Waals surface area contributed by atoms with Crippen LogP contribution >= 0.6 is 0 Å². The number of hydrogen-bond acceptors (Lipinski definition) is 6. The number of benzene rings is 12. The number of furan rings is 2. The molecule has 0 saturated heterocycles. The third-order valence-electron chi connectivity index (χ3n) is 15.0. The molecule has 12 aromatic carbocycles. The van der Waals surface area contributed by atoms with Crippen molar-refractivity contribution in [1.29, 1.82) is 10.5 Å². The summed E-state index contributed by atoms with van der Waals surface area (Å²) in [5.41, 5.74) is 16.6. The summed E-state index contributed by atoms with van der Waals surface area (Å²) >= 11 is 0. The maximum absolute atomic E-state index is 9.94. The van der Waals surface area contributed by atoms with E-state index in [4.69, 9.17) is 8.83 Å². The Balaban J connectivity index is 1.01. The molecule has 2 heterocycles. The Morgan fingerprint density at radius 3 is 1.08 bits per heavy atom. The first-order valence-corrected chi connectivity index (χ1v) is 24.8. The highest BCUT2D eigenvalue weighted by Gasteiger charge is 2.27. The molecule has 0 bridgehead atoms. The molecule has 346 valence electrons. The van der Waals surface area contributed by atoms with Crippen LogP contribution in [0.15, 0.2) is 227 Å². The lowest BCUT2D eigenvalue weighted by Crippen LogP contribution is -2.12. The average molecular weight is 947 g/mol. The van der Waals surface area contributed by atoms with E-state index in [2.05, 4.69) is 206 Å². The number of nitriles is 2. The van der Waals surface area contributed by atoms with Crippen molar-refractivity contribution in [2.45, 2.75) is 13.8 Å². The van der Waals surface area contributed by atoms with Crippen molar-refractivity contribution in [2.75, 3.05) is 9.80 Å². The van der Waals surface area contributed by atoms with Gasteiger partial charge in [0.05, 0.1) is 46.0 Å². The van der Waals surface area contributed by atoms with E-state index in [-0.39, 0.29) is 0 Å². The maximum Gasteiger partial charge on any atom is 0.159 e. The van der Waals surface area contributed by atoms with Gasteiger partial charge in [-0.25, -0.2) is 0 Å². The topological polar surface area (TPSA) is 80.3 Å². The number of rotatable bonds is 8. The fourth-order valence-electron chi connectivity index (χ4n) is 11.5. The second-order valence-electron chi connectivity index (χ2n) is 19.1. The third kappa shape index (κ3) is 6.49. The lowest BCUT2D eigenvalue weighted by atomic mass is 9.91. The predicted molar refractivity (Wildman–Crippen MR) is 304 cm³/mol. The number of hydrogen-bond donors (Lipinski definition) is 0. The largest absolute Gasteiger partial charge is 0.453 e. The molecule has 0 saturated carbocycles. The van der Waals surface area contributed by atoms with E-state index in [9.17, 15) is 10.5 Å². The fraction of sp³-hybridized carbons (Fsp3) is 0.0294. The van der Waals surface area contributed by atoms with Crippen LogP contribution < -0.4 is 9.80 Å². The van der Waals surface area contributed by atoms with Gasteiger partial charge in [-0.05, 0) is 130 Å². The highest BCUT2D eigenvalue weighted by Crippen LogP contribution is 2.51. The third-order valence-corrected chi connectivity index (χ3v) is 15.0. The van der Waals surface area contributed by atoms with E-state index < -0.39 is 0 Å². The first-order chi connectivity index (χ1) is 36.4. The quantitative estimate of drug-likeness (QED) is 0.141. The predicted octanol–water partition coefficient (Wildman–Crippen LogP) is 19.0. The lowest BCUT2D eigenvalue weighted by molar-refractivity contribution is 0.670. The minimum Gasteiger partial charge on any atom is -0.453 e. The maximum atomic E-state index is 9.94. The summed E-state index contributed by atoms with van der Waals surface area (Å²) in [5, 5.41) is 30.6. The molecule has 2 aromatic heterocycles. The van der Waals surface area contributed by atoms with Gasteiger partial charge in [-0.15, -0.1) is 0 Å². The Morgan fingerprint density at radius 2 is 0.676 bits per heavy atom. The highest BCUT2D eigenvalue weighted by molar-refractivity contribution is 6.29. The summed E-state index contributed by atoms with van der Waals surface area (Å²) in [6.45, 7) is 4.28. The van der Waals surface area contributed by atoms with Crippen LogP contribution in [0.2, 0.25) is 0 Å². The van der Waals surface area contributed by atoms with Gasteiger partial charge >= 0.3 is 0 Å². The van der Waals surface area contributed by atoms with Crippen molar-refractivity contribution in [3.63, 3.8) is 0 Å². The van der Waals surface area contributed by atoms with Crippen LogP contribution in [0.4, 0.5) is 34.1 Å². The second-order valence-corrected chi connectivity index (χ2v) is 19.1. The minimum absolute atomic E-state index is 0.582. The molecule has 0 aliphatic carbocycles. The van der Waals surface area contributed by atoms with Crippen molar-refractivity contribution in [3.05, 3.63) is 241 Å². The Hall–Kier alpha value is -10.1. The zero-order valence-corrected chi connectivity index (χ0v) is 40.4. The van der Waals surface area contributed by atoms with Crippen LogP contribution in [-0.4, -0.2) is 0 Å². The molecule has 14 rings (SSSR count). The second kappa shape index (κ2) is 16.7.